The Bertz CT molecular complexity index is 939. The van der Waals surface area contributed by atoms with Gasteiger partial charge in [-0.25, -0.2) is 13.8 Å². The largest absolute Gasteiger partial charge is 0.382 e. The second-order valence-electron chi connectivity index (χ2n) is 7.38. The van der Waals surface area contributed by atoms with Crippen LogP contribution < -0.4 is 0 Å². The first-order chi connectivity index (χ1) is 13.9. The number of likely N-dealkylation sites (tertiary alicyclic amines) is 1. The van der Waals surface area contributed by atoms with Gasteiger partial charge in [0.15, 0.2) is 5.60 Å². The van der Waals surface area contributed by atoms with Crippen molar-refractivity contribution in [3.63, 3.8) is 0 Å². The van der Waals surface area contributed by atoms with Gasteiger partial charge in [-0.3, -0.25) is 4.79 Å². The van der Waals surface area contributed by atoms with Crippen LogP contribution in [0.5, 0.6) is 0 Å². The fourth-order valence-corrected chi connectivity index (χ4v) is 5.45. The van der Waals surface area contributed by atoms with E-state index in [9.17, 15) is 13.6 Å². The highest BCUT2D eigenvalue weighted by Gasteiger charge is 2.45. The van der Waals surface area contributed by atoms with E-state index >= 15 is 0 Å². The van der Waals surface area contributed by atoms with Gasteiger partial charge in [0.25, 0.3) is 0 Å². The highest BCUT2D eigenvalue weighted by Crippen LogP contribution is 2.41. The van der Waals surface area contributed by atoms with Crippen molar-refractivity contribution in [3.8, 4) is 0 Å². The van der Waals surface area contributed by atoms with Gasteiger partial charge < -0.3 is 9.74 Å². The average molecular weight is 484 g/mol. The number of hydrogen-bond donors (Lipinski definition) is 0. The smallest absolute Gasteiger partial charge is 0.219 e. The molecule has 0 N–H and O–H groups in total. The van der Waals surface area contributed by atoms with Crippen molar-refractivity contribution >= 4 is 38.9 Å². The van der Waals surface area contributed by atoms with Crippen LogP contribution in [0, 0.1) is 11.6 Å². The van der Waals surface area contributed by atoms with Gasteiger partial charge in [0, 0.05) is 37.7 Å². The molecule has 0 aliphatic carbocycles. The fourth-order valence-electron chi connectivity index (χ4n) is 3.87. The molecule has 5 nitrogen and oxygen atoms in total. The Balaban J connectivity index is 1.51. The molecule has 1 amide bonds. The second-order valence-corrected chi connectivity index (χ2v) is 8.83. The molecule has 4 rings (SSSR count). The molecule has 0 bridgehead atoms. The Morgan fingerprint density at radius 3 is 2.66 bits per heavy atom. The molecule has 1 aromatic carbocycles. The first-order valence-corrected chi connectivity index (χ1v) is 11.4. The van der Waals surface area contributed by atoms with Gasteiger partial charge in [0.05, 0.1) is 21.6 Å². The van der Waals surface area contributed by atoms with Gasteiger partial charge in [-0.1, -0.05) is 27.2 Å². The molecular formula is C20H20BrF2N3O2S. The third-order valence-electron chi connectivity index (χ3n) is 5.52. The Labute approximate surface area is 179 Å². The summed E-state index contributed by atoms with van der Waals surface area (Å²) < 4.78 is 28.7. The van der Waals surface area contributed by atoms with Crippen LogP contribution in [0.3, 0.4) is 0 Å². The summed E-state index contributed by atoms with van der Waals surface area (Å²) in [5.74, 6) is -0.904. The van der Waals surface area contributed by atoms with Crippen molar-refractivity contribution in [3.05, 3.63) is 51.5 Å². The van der Waals surface area contributed by atoms with Gasteiger partial charge in [-0.2, -0.15) is 0 Å². The van der Waals surface area contributed by atoms with Crippen molar-refractivity contribution in [1.82, 2.24) is 9.88 Å². The molecule has 1 fully saturated rings. The molecule has 1 aromatic heterocycles. The van der Waals surface area contributed by atoms with Gasteiger partial charge in [0.2, 0.25) is 5.91 Å². The van der Waals surface area contributed by atoms with E-state index in [2.05, 4.69) is 21.1 Å². The maximum Gasteiger partial charge on any atom is 0.219 e. The van der Waals surface area contributed by atoms with Gasteiger partial charge in [-0.05, 0) is 25.0 Å². The van der Waals surface area contributed by atoms with Crippen LogP contribution in [0.25, 0.3) is 0 Å². The Morgan fingerprint density at radius 1 is 1.34 bits per heavy atom. The van der Waals surface area contributed by atoms with E-state index in [4.69, 9.17) is 9.82 Å². The fraction of sp³-hybridized carbons (Fsp3) is 0.450. The number of benzene rings is 1. The van der Waals surface area contributed by atoms with E-state index in [1.165, 1.54) is 18.2 Å². The molecule has 0 radical (unpaired) electrons. The van der Waals surface area contributed by atoms with Crippen LogP contribution in [-0.2, 0) is 15.2 Å². The monoisotopic (exact) mass is 483 g/mol. The summed E-state index contributed by atoms with van der Waals surface area (Å²) in [6.45, 7) is 3.06. The number of aromatic nitrogens is 1. The SMILES string of the molecule is CC(=O)N1CCC(c2nc(C3=NOC(CBr)(c4c(F)cccc4F)C3)cs2)CC1. The molecule has 2 aromatic rings. The number of piperidine rings is 1. The molecule has 0 spiro atoms. The molecular weight excluding hydrogens is 464 g/mol. The molecule has 2 aliphatic heterocycles. The predicted molar refractivity (Wildman–Crippen MR) is 110 cm³/mol. The van der Waals surface area contributed by atoms with Crippen molar-refractivity contribution in [1.29, 1.82) is 0 Å². The minimum atomic E-state index is -1.23. The quantitative estimate of drug-likeness (QED) is 0.598. The normalized spacial score (nSPS) is 22.5. The lowest BCUT2D eigenvalue weighted by Gasteiger charge is -2.30. The number of hydrogen-bond acceptors (Lipinski definition) is 5. The second kappa shape index (κ2) is 8.10. The van der Waals surface area contributed by atoms with Crippen LogP contribution in [0.4, 0.5) is 8.78 Å². The molecule has 3 heterocycles. The summed E-state index contributed by atoms with van der Waals surface area (Å²) >= 11 is 4.89. The highest BCUT2D eigenvalue weighted by molar-refractivity contribution is 9.09. The number of carbonyl (C=O) groups is 1. The molecule has 154 valence electrons. The lowest BCUT2D eigenvalue weighted by Crippen LogP contribution is -2.36. The molecule has 29 heavy (non-hydrogen) atoms. The maximum absolute atomic E-state index is 14.4. The van der Waals surface area contributed by atoms with Crippen LogP contribution >= 0.6 is 27.3 Å². The van der Waals surface area contributed by atoms with Gasteiger partial charge in [-0.15, -0.1) is 11.3 Å². The van der Waals surface area contributed by atoms with Crippen molar-refractivity contribution in [2.24, 2.45) is 5.16 Å². The summed E-state index contributed by atoms with van der Waals surface area (Å²) in [4.78, 5) is 23.7. The van der Waals surface area contributed by atoms with E-state index in [1.54, 1.807) is 18.3 Å². The molecule has 9 heteroatoms. The van der Waals surface area contributed by atoms with E-state index in [0.717, 1.165) is 30.9 Å². The van der Waals surface area contributed by atoms with Crippen molar-refractivity contribution in [2.45, 2.75) is 37.7 Å². The van der Waals surface area contributed by atoms with E-state index in [0.29, 0.717) is 17.3 Å². The van der Waals surface area contributed by atoms with Crippen molar-refractivity contribution < 1.29 is 18.4 Å². The Morgan fingerprint density at radius 2 is 2.03 bits per heavy atom. The van der Waals surface area contributed by atoms with Gasteiger partial charge in [0.1, 0.15) is 17.3 Å². The van der Waals surface area contributed by atoms with Crippen molar-refractivity contribution in [2.75, 3.05) is 18.4 Å². The summed E-state index contributed by atoms with van der Waals surface area (Å²) in [5, 5.41) is 7.24. The zero-order valence-electron chi connectivity index (χ0n) is 15.8. The topological polar surface area (TPSA) is 54.8 Å². The number of alkyl halides is 1. The summed E-state index contributed by atoms with van der Waals surface area (Å²) in [5.41, 5.74) is -0.0986. The number of nitrogens with zero attached hydrogens (tertiary/aromatic N) is 3. The lowest BCUT2D eigenvalue weighted by atomic mass is 9.89. The zero-order valence-corrected chi connectivity index (χ0v) is 18.2. The maximum atomic E-state index is 14.4. The molecule has 1 unspecified atom stereocenters. The minimum absolute atomic E-state index is 0.104. The van der Waals surface area contributed by atoms with Crippen LogP contribution in [0.1, 0.15) is 48.4 Å². The van der Waals surface area contributed by atoms with E-state index in [1.807, 2.05) is 10.3 Å². The number of carbonyl (C=O) groups excluding carboxylic acids is 1. The predicted octanol–water partition coefficient (Wildman–Crippen LogP) is 4.56. The first-order valence-electron chi connectivity index (χ1n) is 9.40. The number of thiazole rings is 1. The van der Waals surface area contributed by atoms with Crippen LogP contribution in [0.15, 0.2) is 28.7 Å². The molecule has 2 aliphatic rings. The highest BCUT2D eigenvalue weighted by atomic mass is 79.9. The summed E-state index contributed by atoms with van der Waals surface area (Å²) in [6, 6.07) is 3.77. The van der Waals surface area contributed by atoms with Crippen LogP contribution in [0.2, 0.25) is 0 Å². The molecule has 1 saturated heterocycles. The Kier molecular flexibility index (Phi) is 5.70. The summed E-state index contributed by atoms with van der Waals surface area (Å²) in [6.07, 6.45) is 1.98. The summed E-state index contributed by atoms with van der Waals surface area (Å²) in [7, 11) is 0. The Hall–Kier alpha value is -1.87. The number of halogens is 3. The van der Waals surface area contributed by atoms with Crippen LogP contribution in [-0.4, -0.2) is 39.9 Å². The zero-order chi connectivity index (χ0) is 20.6. The van der Waals surface area contributed by atoms with Gasteiger partial charge >= 0.3 is 0 Å². The number of rotatable bonds is 4. The van der Waals surface area contributed by atoms with E-state index in [-0.39, 0.29) is 23.2 Å². The molecule has 1 atom stereocenters. The third-order valence-corrected chi connectivity index (χ3v) is 7.44. The standard InChI is InChI=1S/C20H20BrF2N3O2S/c1-12(27)26-7-5-13(6-8-26)19-24-17(10-29-19)16-9-20(11-21,28-25-16)18-14(22)3-2-4-15(18)23/h2-4,10,13H,5-9,11H2,1H3. The molecule has 0 saturated carbocycles. The lowest BCUT2D eigenvalue weighted by molar-refractivity contribution is -0.129. The first kappa shape index (κ1) is 20.4. The minimum Gasteiger partial charge on any atom is -0.382 e. The van der Waals surface area contributed by atoms with E-state index < -0.39 is 17.2 Å². The average Bonchev–Trinajstić information content (AvgIpc) is 3.36. The number of oxime groups is 1. The third kappa shape index (κ3) is 3.82. The number of amides is 1.